The first-order valence-corrected chi connectivity index (χ1v) is 16.7. The molecule has 0 radical (unpaired) electrons. The van der Waals surface area contributed by atoms with E-state index < -0.39 is 0 Å². The second kappa shape index (κ2) is 10.7. The van der Waals surface area contributed by atoms with Crippen LogP contribution in [-0.2, 0) is 10.9 Å². The van der Waals surface area contributed by atoms with E-state index >= 15 is 0 Å². The summed E-state index contributed by atoms with van der Waals surface area (Å²) in [6, 6.07) is 61.1. The number of benzene rings is 7. The highest BCUT2D eigenvalue weighted by molar-refractivity contribution is 7.97. The molecule has 0 aliphatic carbocycles. The normalized spacial score (nSPS) is 12.7. The number of fused-ring (bicyclic) bond motifs is 5. The molecule has 0 bridgehead atoms. The lowest BCUT2D eigenvalue weighted by Gasteiger charge is -2.32. The summed E-state index contributed by atoms with van der Waals surface area (Å²) in [7, 11) is -0.193. The Morgan fingerprint density at radius 3 is 1.72 bits per heavy atom. The second-order valence-corrected chi connectivity index (χ2v) is 13.6. The van der Waals surface area contributed by atoms with Gasteiger partial charge < -0.3 is 15.2 Å². The van der Waals surface area contributed by atoms with Crippen molar-refractivity contribution in [3.63, 3.8) is 0 Å². The lowest BCUT2D eigenvalue weighted by atomic mass is 10.0. The van der Waals surface area contributed by atoms with Crippen LogP contribution in [0, 0.1) is 0 Å². The maximum atomic E-state index is 6.33. The summed E-state index contributed by atoms with van der Waals surface area (Å²) in [4.78, 5) is 6.44. The van der Waals surface area contributed by atoms with Gasteiger partial charge in [-0.15, -0.1) is 0 Å². The topological polar surface area (TPSA) is 34.2 Å². The molecule has 1 aromatic heterocycles. The van der Waals surface area contributed by atoms with E-state index in [2.05, 4.69) is 173 Å². The van der Waals surface area contributed by atoms with Gasteiger partial charge in [-0.1, -0.05) is 78.9 Å². The molecule has 0 fully saturated rings. The summed E-state index contributed by atoms with van der Waals surface area (Å²) in [5, 5.41) is 2.35. The number of hydrogen-bond donors (Lipinski definition) is 1. The summed E-state index contributed by atoms with van der Waals surface area (Å²) in [6.07, 6.45) is 0. The van der Waals surface area contributed by atoms with Crippen molar-refractivity contribution in [2.75, 3.05) is 10.6 Å². The Kier molecular flexibility index (Phi) is 6.22. The zero-order valence-corrected chi connectivity index (χ0v) is 25.9. The zero-order chi connectivity index (χ0) is 30.6. The molecule has 7 aromatic carbocycles. The van der Waals surface area contributed by atoms with E-state index in [-0.39, 0.29) is 10.9 Å². The molecule has 8 aromatic rings. The van der Waals surface area contributed by atoms with E-state index in [1.54, 1.807) is 0 Å². The van der Waals surface area contributed by atoms with Crippen molar-refractivity contribution in [1.82, 2.24) is 4.57 Å². The first kappa shape index (κ1) is 26.7. The van der Waals surface area contributed by atoms with Gasteiger partial charge in [0.1, 0.15) is 22.3 Å². The van der Waals surface area contributed by atoms with Gasteiger partial charge in [0.25, 0.3) is 0 Å². The molecule has 9 rings (SSSR count). The number of rotatable bonds is 4. The van der Waals surface area contributed by atoms with E-state index in [9.17, 15) is 0 Å². The Hall–Kier alpha value is -5.71. The van der Waals surface area contributed by atoms with Gasteiger partial charge in [0.2, 0.25) is 0 Å². The summed E-state index contributed by atoms with van der Waals surface area (Å²) < 4.78 is 2.33. The molecule has 3 nitrogen and oxygen atoms in total. The van der Waals surface area contributed by atoms with Crippen LogP contribution in [0.5, 0.6) is 0 Å². The molecule has 0 saturated heterocycles. The maximum absolute atomic E-state index is 6.33. The van der Waals surface area contributed by atoms with Crippen molar-refractivity contribution in [1.29, 1.82) is 0 Å². The highest BCUT2D eigenvalue weighted by atomic mass is 32.2. The van der Waals surface area contributed by atoms with Gasteiger partial charge in [0, 0.05) is 27.8 Å². The predicted molar refractivity (Wildman–Crippen MR) is 194 cm³/mol. The minimum atomic E-state index is -0.193. The molecule has 2 N–H and O–H groups in total. The van der Waals surface area contributed by atoms with Gasteiger partial charge >= 0.3 is 0 Å². The Labute approximate surface area is 271 Å². The van der Waals surface area contributed by atoms with Crippen LogP contribution in [-0.4, -0.2) is 4.57 Å². The standard InChI is InChI=1S/C42H30N3S/c43-31-23-25-38-36(28-31)35-27-30(22-24-37(35)44(38)32-13-3-1-4-14-32)29-12-11-15-33(26-29)45-39-18-7-9-20-41(39)46(34-16-5-2-6-17-34)42-21-10-8-19-40(42)45/h1-28H,43H2/q+1. The quantitative estimate of drug-likeness (QED) is 0.159. The van der Waals surface area contributed by atoms with Crippen LogP contribution in [0.3, 0.4) is 0 Å². The number of nitrogens with zero attached hydrogens (tertiary/aromatic N) is 2. The third-order valence-electron chi connectivity index (χ3n) is 8.87. The smallest absolute Gasteiger partial charge is 0.190 e. The number of nitrogen functional groups attached to an aromatic ring is 1. The van der Waals surface area contributed by atoms with E-state index in [0.29, 0.717) is 0 Å². The maximum Gasteiger partial charge on any atom is 0.190 e. The lowest BCUT2D eigenvalue weighted by molar-refractivity contribution is 1.14. The predicted octanol–water partition coefficient (Wildman–Crippen LogP) is 10.9. The molecule has 0 amide bonds. The van der Waals surface area contributed by atoms with Crippen LogP contribution in [0.15, 0.2) is 185 Å². The van der Waals surface area contributed by atoms with Crippen molar-refractivity contribution in [3.05, 3.63) is 170 Å². The van der Waals surface area contributed by atoms with Crippen LogP contribution in [0.1, 0.15) is 0 Å². The molecule has 2 heterocycles. The van der Waals surface area contributed by atoms with Crippen LogP contribution in [0.2, 0.25) is 0 Å². The van der Waals surface area contributed by atoms with Gasteiger partial charge in [-0.2, -0.15) is 0 Å². The Morgan fingerprint density at radius 1 is 0.435 bits per heavy atom. The van der Waals surface area contributed by atoms with E-state index in [4.69, 9.17) is 5.73 Å². The molecule has 4 heteroatoms. The summed E-state index contributed by atoms with van der Waals surface area (Å²) >= 11 is 0. The van der Waals surface area contributed by atoms with Crippen LogP contribution < -0.4 is 10.6 Å². The average Bonchev–Trinajstić information content (AvgIpc) is 3.44. The highest BCUT2D eigenvalue weighted by Crippen LogP contribution is 2.51. The Morgan fingerprint density at radius 2 is 1.00 bits per heavy atom. The van der Waals surface area contributed by atoms with Gasteiger partial charge in [0.15, 0.2) is 14.7 Å². The largest absolute Gasteiger partial charge is 0.399 e. The highest BCUT2D eigenvalue weighted by Gasteiger charge is 2.41. The first-order valence-electron chi connectivity index (χ1n) is 15.5. The van der Waals surface area contributed by atoms with Crippen LogP contribution >= 0.6 is 0 Å². The minimum absolute atomic E-state index is 0.193. The Bertz CT molecular complexity index is 2350. The average molecular weight is 609 g/mol. The third-order valence-corrected chi connectivity index (χ3v) is 11.2. The molecule has 0 atom stereocenters. The molecule has 1 aliphatic rings. The number of para-hydroxylation sites is 3. The van der Waals surface area contributed by atoms with Gasteiger partial charge in [-0.05, 0) is 102 Å². The number of hydrogen-bond acceptors (Lipinski definition) is 2. The van der Waals surface area contributed by atoms with Crippen molar-refractivity contribution in [2.45, 2.75) is 14.7 Å². The monoisotopic (exact) mass is 608 g/mol. The summed E-state index contributed by atoms with van der Waals surface area (Å²) in [6.45, 7) is 0. The third kappa shape index (κ3) is 4.22. The summed E-state index contributed by atoms with van der Waals surface area (Å²) in [5.74, 6) is 0. The SMILES string of the molecule is Nc1ccc2c(c1)c1cc(-c3cccc(N4c5ccccc5[S+](c5ccccc5)c5ccccc54)c3)ccc1n2-c1ccccc1. The molecular formula is C42H30N3S+. The fourth-order valence-electron chi connectivity index (χ4n) is 6.87. The van der Waals surface area contributed by atoms with E-state index in [0.717, 1.165) is 28.0 Å². The number of anilines is 4. The molecule has 0 saturated carbocycles. The zero-order valence-electron chi connectivity index (χ0n) is 25.0. The van der Waals surface area contributed by atoms with Crippen LogP contribution in [0.4, 0.5) is 22.7 Å². The summed E-state index contributed by atoms with van der Waals surface area (Å²) in [5.41, 5.74) is 16.5. The fraction of sp³-hybridized carbons (Fsp3) is 0. The van der Waals surface area contributed by atoms with E-state index in [1.807, 2.05) is 6.07 Å². The molecule has 218 valence electrons. The minimum Gasteiger partial charge on any atom is -0.399 e. The molecule has 0 spiro atoms. The van der Waals surface area contributed by atoms with Crippen molar-refractivity contribution >= 4 is 55.5 Å². The molecular weight excluding hydrogens is 579 g/mol. The van der Waals surface area contributed by atoms with Crippen molar-refractivity contribution in [3.8, 4) is 16.8 Å². The number of nitrogens with two attached hydrogens (primary N) is 1. The Balaban J connectivity index is 1.20. The molecule has 0 unspecified atom stereocenters. The number of aromatic nitrogens is 1. The van der Waals surface area contributed by atoms with Gasteiger partial charge in [-0.25, -0.2) is 0 Å². The van der Waals surface area contributed by atoms with Crippen LogP contribution in [0.25, 0.3) is 38.6 Å². The van der Waals surface area contributed by atoms with E-state index in [1.165, 1.54) is 48.1 Å². The molecule has 1 aliphatic heterocycles. The van der Waals surface area contributed by atoms with Crippen molar-refractivity contribution < 1.29 is 0 Å². The van der Waals surface area contributed by atoms with Gasteiger partial charge in [-0.3, -0.25) is 0 Å². The fourth-order valence-corrected chi connectivity index (χ4v) is 9.21. The van der Waals surface area contributed by atoms with Crippen molar-refractivity contribution in [2.24, 2.45) is 0 Å². The van der Waals surface area contributed by atoms with Gasteiger partial charge in [0.05, 0.1) is 11.0 Å². The lowest BCUT2D eigenvalue weighted by Crippen LogP contribution is -2.22. The second-order valence-electron chi connectivity index (χ2n) is 11.6. The molecule has 46 heavy (non-hydrogen) atoms. The first-order chi connectivity index (χ1) is 22.7.